The van der Waals surface area contributed by atoms with Crippen molar-refractivity contribution in [3.8, 4) is 5.75 Å². The van der Waals surface area contributed by atoms with Gasteiger partial charge in [0.1, 0.15) is 0 Å². The van der Waals surface area contributed by atoms with Gasteiger partial charge in [-0.05, 0) is 56.7 Å². The van der Waals surface area contributed by atoms with E-state index in [1.54, 1.807) is 18.2 Å². The Hall–Kier alpha value is -1.33. The van der Waals surface area contributed by atoms with Crippen molar-refractivity contribution in [1.82, 2.24) is 10.2 Å². The van der Waals surface area contributed by atoms with Gasteiger partial charge in [-0.3, -0.25) is 4.79 Å². The highest BCUT2D eigenvalue weighted by atomic mass is 35.5. The second kappa shape index (κ2) is 9.39. The Balaban J connectivity index is 0.00000225. The number of hydrogen-bond donors (Lipinski definition) is 1. The Kier molecular flexibility index (Phi) is 7.51. The number of hydrogen-bond acceptors (Lipinski definition) is 3. The molecule has 0 aromatic heterocycles. The summed E-state index contributed by atoms with van der Waals surface area (Å²) in [5, 5.41) is 3.61. The molecule has 1 amide bonds. The molecule has 0 radical (unpaired) electrons. The molecule has 1 atom stereocenters. The van der Waals surface area contributed by atoms with Gasteiger partial charge in [0.05, 0.1) is 0 Å². The molecule has 1 saturated heterocycles. The lowest BCUT2D eigenvalue weighted by molar-refractivity contribution is -0.140. The maximum absolute atomic E-state index is 13.7. The molecule has 1 aliphatic carbocycles. The number of piperidine rings is 1. The predicted octanol–water partition coefficient (Wildman–Crippen LogP) is 3.40. The second-order valence-electron chi connectivity index (χ2n) is 6.90. The van der Waals surface area contributed by atoms with Crippen molar-refractivity contribution in [2.75, 3.05) is 19.6 Å². The van der Waals surface area contributed by atoms with Crippen LogP contribution in [0.15, 0.2) is 24.3 Å². The normalized spacial score (nSPS) is 19.2. The minimum Gasteiger partial charge on any atom is -0.478 e. The molecule has 1 N–H and O–H groups in total. The highest BCUT2D eigenvalue weighted by molar-refractivity contribution is 5.85. The first-order chi connectivity index (χ1) is 11.7. The summed E-state index contributed by atoms with van der Waals surface area (Å²) in [5.74, 6) is 0.579. The smallest absolute Gasteiger partial charge is 0.263 e. The van der Waals surface area contributed by atoms with Crippen LogP contribution in [0.4, 0.5) is 4.39 Å². The van der Waals surface area contributed by atoms with Gasteiger partial charge in [-0.15, -0.1) is 12.4 Å². The fourth-order valence-electron chi connectivity index (χ4n) is 3.16. The fourth-order valence-corrected chi connectivity index (χ4v) is 3.16. The van der Waals surface area contributed by atoms with Crippen molar-refractivity contribution in [2.45, 2.75) is 51.2 Å². The van der Waals surface area contributed by atoms with Gasteiger partial charge >= 0.3 is 0 Å². The molecule has 1 aromatic rings. The summed E-state index contributed by atoms with van der Waals surface area (Å²) in [4.78, 5) is 14.6. The van der Waals surface area contributed by atoms with Crippen LogP contribution < -0.4 is 10.1 Å². The van der Waals surface area contributed by atoms with Crippen LogP contribution in [0.3, 0.4) is 0 Å². The molecular formula is C19H28ClFN2O2. The van der Waals surface area contributed by atoms with Crippen molar-refractivity contribution < 1.29 is 13.9 Å². The number of ether oxygens (including phenoxy) is 1. The number of rotatable bonds is 7. The van der Waals surface area contributed by atoms with Crippen molar-refractivity contribution in [2.24, 2.45) is 5.92 Å². The number of benzene rings is 1. The molecule has 1 saturated carbocycles. The number of halogens is 2. The molecule has 4 nitrogen and oxygen atoms in total. The Morgan fingerprint density at radius 3 is 2.56 bits per heavy atom. The summed E-state index contributed by atoms with van der Waals surface area (Å²) in [6.07, 6.45) is 4.60. The highest BCUT2D eigenvalue weighted by Gasteiger charge is 2.30. The van der Waals surface area contributed by atoms with E-state index in [0.717, 1.165) is 38.4 Å². The average molecular weight is 371 g/mol. The van der Waals surface area contributed by atoms with Crippen LogP contribution in [0, 0.1) is 11.7 Å². The number of likely N-dealkylation sites (tertiary alicyclic amines) is 1. The van der Waals surface area contributed by atoms with Gasteiger partial charge in [0, 0.05) is 19.1 Å². The summed E-state index contributed by atoms with van der Waals surface area (Å²) in [5.41, 5.74) is 0. The Morgan fingerprint density at radius 1 is 1.28 bits per heavy atom. The van der Waals surface area contributed by atoms with Gasteiger partial charge in [-0.25, -0.2) is 4.39 Å². The molecule has 6 heteroatoms. The molecule has 0 spiro atoms. The van der Waals surface area contributed by atoms with Crippen molar-refractivity contribution in [3.63, 3.8) is 0 Å². The summed E-state index contributed by atoms with van der Waals surface area (Å²) in [7, 11) is 0. The number of carbonyl (C=O) groups is 1. The highest BCUT2D eigenvalue weighted by Crippen LogP contribution is 2.28. The van der Waals surface area contributed by atoms with E-state index in [4.69, 9.17) is 4.74 Å². The van der Waals surface area contributed by atoms with E-state index in [2.05, 4.69) is 5.32 Å². The van der Waals surface area contributed by atoms with Crippen LogP contribution in [0.25, 0.3) is 0 Å². The maximum atomic E-state index is 13.7. The monoisotopic (exact) mass is 370 g/mol. The molecule has 2 fully saturated rings. The number of nitrogens with one attached hydrogen (secondary N) is 1. The minimum atomic E-state index is -0.613. The van der Waals surface area contributed by atoms with Gasteiger partial charge in [0.25, 0.3) is 5.91 Å². The summed E-state index contributed by atoms with van der Waals surface area (Å²) in [6, 6.07) is 6.77. The molecular weight excluding hydrogens is 343 g/mol. The van der Waals surface area contributed by atoms with E-state index in [1.165, 1.54) is 18.9 Å². The maximum Gasteiger partial charge on any atom is 0.263 e. The van der Waals surface area contributed by atoms with E-state index in [0.29, 0.717) is 12.5 Å². The number of carbonyl (C=O) groups excluding carboxylic acids is 1. The molecule has 3 rings (SSSR count). The van der Waals surface area contributed by atoms with Crippen molar-refractivity contribution in [3.05, 3.63) is 30.1 Å². The van der Waals surface area contributed by atoms with Crippen LogP contribution in [-0.2, 0) is 4.79 Å². The van der Waals surface area contributed by atoms with E-state index in [-0.39, 0.29) is 24.1 Å². The minimum absolute atomic E-state index is 0. The standard InChI is InChI=1S/C19H27FN2O2.ClH/c1-2-17(24-18-6-4-3-5-16(18)20)19(23)22-11-9-15(10-12-22)21-13-14-7-8-14;/h3-6,14-15,17,21H,2,7-13H2,1H3;1H. The Bertz CT molecular complexity index is 560. The summed E-state index contributed by atoms with van der Waals surface area (Å²) >= 11 is 0. The van der Waals surface area contributed by atoms with Crippen molar-refractivity contribution >= 4 is 18.3 Å². The SMILES string of the molecule is CCC(Oc1ccccc1F)C(=O)N1CCC(NCC2CC2)CC1.Cl. The largest absolute Gasteiger partial charge is 0.478 e. The molecule has 1 aliphatic heterocycles. The van der Waals surface area contributed by atoms with E-state index in [1.807, 2.05) is 11.8 Å². The fraction of sp³-hybridized carbons (Fsp3) is 0.632. The Labute approximate surface area is 155 Å². The van der Waals surface area contributed by atoms with Crippen LogP contribution in [0.5, 0.6) is 5.75 Å². The number of para-hydroxylation sites is 1. The lowest BCUT2D eigenvalue weighted by Gasteiger charge is -2.34. The lowest BCUT2D eigenvalue weighted by atomic mass is 10.0. The van der Waals surface area contributed by atoms with E-state index >= 15 is 0 Å². The zero-order valence-corrected chi connectivity index (χ0v) is 15.6. The first-order valence-electron chi connectivity index (χ1n) is 9.10. The molecule has 140 valence electrons. The number of nitrogens with zero attached hydrogens (tertiary/aromatic N) is 1. The van der Waals surface area contributed by atoms with Gasteiger partial charge in [-0.1, -0.05) is 19.1 Å². The van der Waals surface area contributed by atoms with E-state index < -0.39 is 11.9 Å². The van der Waals surface area contributed by atoms with Crippen LogP contribution in [0.1, 0.15) is 39.0 Å². The molecule has 0 bridgehead atoms. The zero-order valence-electron chi connectivity index (χ0n) is 14.7. The second-order valence-corrected chi connectivity index (χ2v) is 6.90. The third kappa shape index (κ3) is 5.58. The Morgan fingerprint density at radius 2 is 1.96 bits per heavy atom. The quantitative estimate of drug-likeness (QED) is 0.799. The predicted molar refractivity (Wildman–Crippen MR) is 98.7 cm³/mol. The molecule has 2 aliphatic rings. The third-order valence-corrected chi connectivity index (χ3v) is 4.95. The van der Waals surface area contributed by atoms with Crippen LogP contribution in [-0.4, -0.2) is 42.6 Å². The van der Waals surface area contributed by atoms with Crippen LogP contribution in [0.2, 0.25) is 0 Å². The molecule has 1 unspecified atom stereocenters. The zero-order chi connectivity index (χ0) is 16.9. The van der Waals surface area contributed by atoms with Crippen molar-refractivity contribution in [1.29, 1.82) is 0 Å². The lowest BCUT2D eigenvalue weighted by Crippen LogP contribution is -2.49. The van der Waals surface area contributed by atoms with Gasteiger partial charge in [-0.2, -0.15) is 0 Å². The summed E-state index contributed by atoms with van der Waals surface area (Å²) in [6.45, 7) is 4.51. The summed E-state index contributed by atoms with van der Waals surface area (Å²) < 4.78 is 19.4. The van der Waals surface area contributed by atoms with Gasteiger partial charge in [0.2, 0.25) is 0 Å². The van der Waals surface area contributed by atoms with Gasteiger partial charge < -0.3 is 15.0 Å². The first-order valence-corrected chi connectivity index (χ1v) is 9.10. The molecule has 1 heterocycles. The molecule has 1 aromatic carbocycles. The number of amides is 1. The third-order valence-electron chi connectivity index (χ3n) is 4.95. The molecule has 25 heavy (non-hydrogen) atoms. The van der Waals surface area contributed by atoms with E-state index in [9.17, 15) is 9.18 Å². The topological polar surface area (TPSA) is 41.6 Å². The average Bonchev–Trinajstić information content (AvgIpc) is 3.44. The van der Waals surface area contributed by atoms with Crippen LogP contribution >= 0.6 is 12.4 Å². The first kappa shape index (κ1) is 20.0. The van der Waals surface area contributed by atoms with Gasteiger partial charge in [0.15, 0.2) is 17.7 Å².